The summed E-state index contributed by atoms with van der Waals surface area (Å²) in [4.78, 5) is 4.04. The molecule has 3 nitrogen and oxygen atoms in total. The fourth-order valence-electron chi connectivity index (χ4n) is 3.09. The lowest BCUT2D eigenvalue weighted by atomic mass is 9.94. The van der Waals surface area contributed by atoms with Crippen LogP contribution in [0.3, 0.4) is 0 Å². The third-order valence-corrected chi connectivity index (χ3v) is 5.00. The molecule has 1 aromatic heterocycles. The number of pyridine rings is 1. The van der Waals surface area contributed by atoms with Gasteiger partial charge in [-0.1, -0.05) is 25.1 Å². The van der Waals surface area contributed by atoms with Crippen LogP contribution in [0, 0.1) is 11.3 Å². The first-order chi connectivity index (χ1) is 11.4. The van der Waals surface area contributed by atoms with Gasteiger partial charge in [0.15, 0.2) is 12.3 Å². The van der Waals surface area contributed by atoms with E-state index >= 15 is 0 Å². The van der Waals surface area contributed by atoms with Gasteiger partial charge in [-0.3, -0.25) is 0 Å². The van der Waals surface area contributed by atoms with Crippen LogP contribution in [0.5, 0.6) is 5.88 Å². The lowest BCUT2D eigenvalue weighted by Crippen LogP contribution is -2.24. The van der Waals surface area contributed by atoms with Crippen molar-refractivity contribution in [3.05, 3.63) is 59.3 Å². The predicted octanol–water partition coefficient (Wildman–Crippen LogP) is 3.63. The molecule has 2 saturated carbocycles. The number of hydrogen-bond acceptors (Lipinski definition) is 3. The van der Waals surface area contributed by atoms with Gasteiger partial charge in [0.05, 0.1) is 11.6 Å². The van der Waals surface area contributed by atoms with Gasteiger partial charge < -0.3 is 4.74 Å². The first kappa shape index (κ1) is 15.0. The summed E-state index contributed by atoms with van der Waals surface area (Å²) in [5.74, 6) is 0.0236. The summed E-state index contributed by atoms with van der Waals surface area (Å²) >= 11 is 0. The highest BCUT2D eigenvalue weighted by atomic mass is 19.2. The van der Waals surface area contributed by atoms with Crippen LogP contribution in [0.15, 0.2) is 42.6 Å². The molecule has 24 heavy (non-hydrogen) atoms. The Morgan fingerprint density at radius 1 is 1.12 bits per heavy atom. The van der Waals surface area contributed by atoms with Crippen molar-refractivity contribution in [3.8, 4) is 11.9 Å². The summed E-state index contributed by atoms with van der Waals surface area (Å²) in [5, 5.41) is 8.82. The molecule has 2 aliphatic carbocycles. The third-order valence-electron chi connectivity index (χ3n) is 5.00. The first-order valence-electron chi connectivity index (χ1n) is 7.57. The van der Waals surface area contributed by atoms with Crippen molar-refractivity contribution in [2.45, 2.75) is 36.5 Å². The zero-order chi connectivity index (χ0) is 17.1. The minimum Gasteiger partial charge on any atom is -0.461 e. The van der Waals surface area contributed by atoms with Crippen molar-refractivity contribution in [2.24, 2.45) is 0 Å². The van der Waals surface area contributed by atoms with Gasteiger partial charge in [0.2, 0.25) is 17.1 Å². The van der Waals surface area contributed by atoms with Crippen LogP contribution in [-0.4, -0.2) is 28.6 Å². The Kier molecular flexibility index (Phi) is 2.96. The van der Waals surface area contributed by atoms with Crippen LogP contribution in [0.4, 0.5) is 13.2 Å². The molecule has 122 valence electrons. The molecule has 0 saturated heterocycles. The fourth-order valence-corrected chi connectivity index (χ4v) is 3.09. The lowest BCUT2D eigenvalue weighted by molar-refractivity contribution is 0.0995. The van der Waals surface area contributed by atoms with Gasteiger partial charge in [-0.2, -0.15) is 5.26 Å². The van der Waals surface area contributed by atoms with E-state index in [0.717, 1.165) is 11.1 Å². The maximum atomic E-state index is 13.6. The second-order valence-electron chi connectivity index (χ2n) is 6.27. The van der Waals surface area contributed by atoms with Crippen molar-refractivity contribution in [3.63, 3.8) is 0 Å². The molecule has 0 aliphatic heterocycles. The molecule has 2 aromatic rings. The zero-order valence-corrected chi connectivity index (χ0v) is 12.7. The Labute approximate surface area is 136 Å². The van der Waals surface area contributed by atoms with Crippen molar-refractivity contribution >= 4 is 0 Å². The van der Waals surface area contributed by atoms with Crippen LogP contribution in [0.1, 0.15) is 29.5 Å². The molecular weight excluding hydrogens is 317 g/mol. The number of ether oxygens (including phenoxy) is 1. The van der Waals surface area contributed by atoms with Gasteiger partial charge in [-0.25, -0.2) is 18.2 Å². The molecule has 6 heteroatoms. The number of fused-ring (bicyclic) bond motifs is 1. The van der Waals surface area contributed by atoms with Crippen molar-refractivity contribution < 1.29 is 17.9 Å². The largest absolute Gasteiger partial charge is 0.461 e. The summed E-state index contributed by atoms with van der Waals surface area (Å²) in [5.41, 5.74) is -2.00. The average molecular weight is 330 g/mol. The van der Waals surface area contributed by atoms with Crippen LogP contribution < -0.4 is 4.74 Å². The number of nitriles is 1. The van der Waals surface area contributed by atoms with Crippen LogP contribution in [0.2, 0.25) is 0 Å². The molecule has 3 unspecified atom stereocenters. The van der Waals surface area contributed by atoms with E-state index in [2.05, 4.69) is 11.1 Å². The minimum absolute atomic E-state index is 0.00750. The van der Waals surface area contributed by atoms with E-state index in [-0.39, 0.29) is 11.8 Å². The smallest absolute Gasteiger partial charge is 0.226 e. The summed E-state index contributed by atoms with van der Waals surface area (Å²) in [7, 11) is 0. The number of halogens is 3. The quantitative estimate of drug-likeness (QED) is 0.860. The Balaban J connectivity index is 1.49. The third kappa shape index (κ3) is 1.75. The van der Waals surface area contributed by atoms with Crippen LogP contribution >= 0.6 is 0 Å². The number of rotatable bonds is 4. The molecule has 3 atom stereocenters. The topological polar surface area (TPSA) is 45.9 Å². The van der Waals surface area contributed by atoms with E-state index in [0.29, 0.717) is 5.56 Å². The second kappa shape index (κ2) is 4.73. The molecule has 0 spiro atoms. The molecule has 2 aliphatic rings. The number of benzene rings is 1. The Morgan fingerprint density at radius 2 is 1.75 bits per heavy atom. The molecule has 0 amide bonds. The summed E-state index contributed by atoms with van der Waals surface area (Å²) < 4.78 is 45.1. The van der Waals surface area contributed by atoms with Gasteiger partial charge in [-0.15, -0.1) is 0 Å². The maximum Gasteiger partial charge on any atom is 0.226 e. The van der Waals surface area contributed by atoms with Gasteiger partial charge >= 0.3 is 0 Å². The standard InChI is InChI=1S/C18H13F3N2O/c1-10(12-4-2-11(8-22)3-5-12)13-6-7-14(23-9-13)24-18-15(19)17(18,21)16(18)20/h2-7,9-10,15-16H,1H3. The van der Waals surface area contributed by atoms with E-state index in [9.17, 15) is 13.2 Å². The predicted molar refractivity (Wildman–Crippen MR) is 79.9 cm³/mol. The van der Waals surface area contributed by atoms with Gasteiger partial charge in [0, 0.05) is 18.2 Å². The van der Waals surface area contributed by atoms with E-state index in [4.69, 9.17) is 10.00 Å². The maximum absolute atomic E-state index is 13.6. The minimum atomic E-state index is -2.48. The fraction of sp³-hybridized carbons (Fsp3) is 0.333. The van der Waals surface area contributed by atoms with E-state index in [1.54, 1.807) is 24.4 Å². The zero-order valence-electron chi connectivity index (χ0n) is 12.7. The SMILES string of the molecule is CC(c1ccc(C#N)cc1)c1ccc(OC23C(F)C2(F)C3F)nc1. The molecular formula is C18H13F3N2O. The highest BCUT2D eigenvalue weighted by Crippen LogP contribution is 2.77. The number of hydrogen-bond donors (Lipinski definition) is 0. The second-order valence-corrected chi connectivity index (χ2v) is 6.27. The Bertz CT molecular complexity index is 819. The van der Waals surface area contributed by atoms with Gasteiger partial charge in [0.25, 0.3) is 0 Å². The Morgan fingerprint density at radius 3 is 2.21 bits per heavy atom. The molecule has 0 radical (unpaired) electrons. The monoisotopic (exact) mass is 330 g/mol. The van der Waals surface area contributed by atoms with Crippen LogP contribution in [-0.2, 0) is 0 Å². The Hall–Kier alpha value is -2.55. The number of alkyl halides is 3. The van der Waals surface area contributed by atoms with E-state index in [1.165, 1.54) is 6.07 Å². The summed E-state index contributed by atoms with van der Waals surface area (Å²) in [6.45, 7) is 1.97. The molecule has 2 fully saturated rings. The van der Waals surface area contributed by atoms with E-state index < -0.39 is 23.6 Å². The first-order valence-corrected chi connectivity index (χ1v) is 7.57. The highest BCUT2D eigenvalue weighted by Gasteiger charge is 3.08. The van der Waals surface area contributed by atoms with Crippen molar-refractivity contribution in [1.29, 1.82) is 5.26 Å². The molecule has 1 heterocycles. The molecule has 0 N–H and O–H groups in total. The van der Waals surface area contributed by atoms with Crippen molar-refractivity contribution in [2.75, 3.05) is 0 Å². The van der Waals surface area contributed by atoms with E-state index in [1.807, 2.05) is 19.1 Å². The highest BCUT2D eigenvalue weighted by molar-refractivity contribution is 5.54. The summed E-state index contributed by atoms with van der Waals surface area (Å²) in [6.07, 6.45) is -2.29. The van der Waals surface area contributed by atoms with Crippen LogP contribution in [0.25, 0.3) is 0 Å². The lowest BCUT2D eigenvalue weighted by Gasteiger charge is -2.14. The van der Waals surface area contributed by atoms with Crippen molar-refractivity contribution in [1.82, 2.24) is 4.98 Å². The molecule has 0 bridgehead atoms. The molecule has 4 rings (SSSR count). The molecule has 1 aromatic carbocycles. The number of aromatic nitrogens is 1. The average Bonchev–Trinajstić information content (AvgIpc) is 3.33. The number of nitrogens with zero attached hydrogens (tertiary/aromatic N) is 2. The van der Waals surface area contributed by atoms with Gasteiger partial charge in [0.1, 0.15) is 0 Å². The normalized spacial score (nSPS) is 34.0. The van der Waals surface area contributed by atoms with Gasteiger partial charge in [-0.05, 0) is 23.3 Å². The summed E-state index contributed by atoms with van der Waals surface area (Å²) in [6, 6.07) is 12.5.